The van der Waals surface area contributed by atoms with Gasteiger partial charge in [-0.2, -0.15) is 0 Å². The summed E-state index contributed by atoms with van der Waals surface area (Å²) in [5.41, 5.74) is 1.60. The Labute approximate surface area is 104 Å². The number of hydrogen-bond acceptors (Lipinski definition) is 3. The number of anilines is 1. The summed E-state index contributed by atoms with van der Waals surface area (Å²) in [5, 5.41) is 6.90. The minimum Gasteiger partial charge on any atom is -0.364 e. The van der Waals surface area contributed by atoms with Gasteiger partial charge in [-0.25, -0.2) is 4.98 Å². The normalized spacial score (nSPS) is 24.9. The Bertz CT molecular complexity index is 369. The van der Waals surface area contributed by atoms with Crippen molar-refractivity contribution in [2.24, 2.45) is 0 Å². The zero-order valence-corrected chi connectivity index (χ0v) is 11.3. The van der Waals surface area contributed by atoms with Gasteiger partial charge in [-0.15, -0.1) is 0 Å². The molecule has 2 rings (SSSR count). The zero-order chi connectivity index (χ0) is 12.5. The maximum atomic E-state index is 4.51. The van der Waals surface area contributed by atoms with Crippen molar-refractivity contribution in [1.29, 1.82) is 0 Å². The molecule has 0 aromatic carbocycles. The average Bonchev–Trinajstić information content (AvgIpc) is 2.64. The third-order valence-corrected chi connectivity index (χ3v) is 3.43. The summed E-state index contributed by atoms with van der Waals surface area (Å²) >= 11 is 0. The summed E-state index contributed by atoms with van der Waals surface area (Å²) in [6.45, 7) is 11.0. The highest BCUT2D eigenvalue weighted by Crippen LogP contribution is 2.24. The standard InChI is InChI=1S/C14H23N3/c1-13(2,3)11-5-6-12(16-9-11)17-14(4)7-8-15-10-14/h5-6,9,15H,7-8,10H2,1-4H3,(H,16,17). The first-order valence-corrected chi connectivity index (χ1v) is 6.35. The van der Waals surface area contributed by atoms with E-state index in [9.17, 15) is 0 Å². The topological polar surface area (TPSA) is 37.0 Å². The molecule has 1 atom stereocenters. The molecule has 1 unspecified atom stereocenters. The fourth-order valence-electron chi connectivity index (χ4n) is 2.14. The molecule has 1 fully saturated rings. The molecule has 0 aliphatic carbocycles. The maximum absolute atomic E-state index is 4.51. The molecule has 1 saturated heterocycles. The van der Waals surface area contributed by atoms with E-state index in [0.29, 0.717) is 0 Å². The van der Waals surface area contributed by atoms with Crippen molar-refractivity contribution in [2.45, 2.75) is 45.1 Å². The number of pyridine rings is 1. The molecule has 2 heterocycles. The fraction of sp³-hybridized carbons (Fsp3) is 0.643. The predicted molar refractivity (Wildman–Crippen MR) is 72.5 cm³/mol. The summed E-state index contributed by atoms with van der Waals surface area (Å²) in [6.07, 6.45) is 3.13. The second-order valence-corrected chi connectivity index (χ2v) is 6.29. The van der Waals surface area contributed by atoms with Gasteiger partial charge in [0.15, 0.2) is 0 Å². The Hall–Kier alpha value is -1.09. The minimum absolute atomic E-state index is 0.149. The van der Waals surface area contributed by atoms with Gasteiger partial charge in [-0.3, -0.25) is 0 Å². The Balaban J connectivity index is 2.08. The number of nitrogens with one attached hydrogen (secondary N) is 2. The lowest BCUT2D eigenvalue weighted by atomic mass is 9.88. The van der Waals surface area contributed by atoms with E-state index in [1.807, 2.05) is 6.20 Å². The molecule has 2 N–H and O–H groups in total. The second kappa shape index (κ2) is 4.30. The number of nitrogens with zero attached hydrogens (tertiary/aromatic N) is 1. The van der Waals surface area contributed by atoms with Gasteiger partial charge in [0.2, 0.25) is 0 Å². The second-order valence-electron chi connectivity index (χ2n) is 6.29. The van der Waals surface area contributed by atoms with Crippen LogP contribution in [0.5, 0.6) is 0 Å². The van der Waals surface area contributed by atoms with Gasteiger partial charge in [0.05, 0.1) is 0 Å². The van der Waals surface area contributed by atoms with Gasteiger partial charge in [-0.05, 0) is 36.9 Å². The van der Waals surface area contributed by atoms with E-state index in [0.717, 1.165) is 25.3 Å². The molecule has 0 amide bonds. The Morgan fingerprint density at radius 1 is 1.35 bits per heavy atom. The van der Waals surface area contributed by atoms with E-state index in [-0.39, 0.29) is 11.0 Å². The first-order chi connectivity index (χ1) is 7.89. The lowest BCUT2D eigenvalue weighted by Gasteiger charge is -2.26. The summed E-state index contributed by atoms with van der Waals surface area (Å²) in [5.74, 6) is 0.976. The van der Waals surface area contributed by atoms with Crippen molar-refractivity contribution >= 4 is 5.82 Å². The lowest BCUT2D eigenvalue weighted by molar-refractivity contribution is 0.562. The highest BCUT2D eigenvalue weighted by molar-refractivity contribution is 5.40. The van der Waals surface area contributed by atoms with Gasteiger partial charge >= 0.3 is 0 Å². The van der Waals surface area contributed by atoms with E-state index in [2.05, 4.69) is 55.4 Å². The lowest BCUT2D eigenvalue weighted by Crippen LogP contribution is -2.37. The van der Waals surface area contributed by atoms with E-state index in [1.54, 1.807) is 0 Å². The smallest absolute Gasteiger partial charge is 0.126 e. The molecule has 17 heavy (non-hydrogen) atoms. The van der Waals surface area contributed by atoms with Crippen molar-refractivity contribution in [3.63, 3.8) is 0 Å². The monoisotopic (exact) mass is 233 g/mol. The van der Waals surface area contributed by atoms with Crippen LogP contribution < -0.4 is 10.6 Å². The average molecular weight is 233 g/mol. The molecule has 1 aliphatic rings. The summed E-state index contributed by atoms with van der Waals surface area (Å²) < 4.78 is 0. The van der Waals surface area contributed by atoms with E-state index in [4.69, 9.17) is 0 Å². The van der Waals surface area contributed by atoms with Crippen molar-refractivity contribution in [3.05, 3.63) is 23.9 Å². The first-order valence-electron chi connectivity index (χ1n) is 6.35. The fourth-order valence-corrected chi connectivity index (χ4v) is 2.14. The van der Waals surface area contributed by atoms with E-state index < -0.39 is 0 Å². The molecule has 1 aliphatic heterocycles. The molecule has 1 aromatic heterocycles. The van der Waals surface area contributed by atoms with Gasteiger partial charge in [0.1, 0.15) is 5.82 Å². The molecule has 3 nitrogen and oxygen atoms in total. The van der Waals surface area contributed by atoms with Crippen LogP contribution in [0.3, 0.4) is 0 Å². The highest BCUT2D eigenvalue weighted by Gasteiger charge is 2.28. The number of aromatic nitrogens is 1. The SMILES string of the molecule is CC1(Nc2ccc(C(C)(C)C)cn2)CCNC1. The van der Waals surface area contributed by atoms with Crippen LogP contribution >= 0.6 is 0 Å². The Morgan fingerprint density at radius 2 is 2.12 bits per heavy atom. The van der Waals surface area contributed by atoms with Crippen molar-refractivity contribution in [3.8, 4) is 0 Å². The minimum atomic E-state index is 0.149. The predicted octanol–water partition coefficient (Wildman–Crippen LogP) is 2.54. The van der Waals surface area contributed by atoms with Gasteiger partial charge in [0, 0.05) is 18.3 Å². The molecular formula is C14H23N3. The molecule has 0 radical (unpaired) electrons. The van der Waals surface area contributed by atoms with Crippen LogP contribution in [0.2, 0.25) is 0 Å². The van der Waals surface area contributed by atoms with Crippen molar-refractivity contribution in [1.82, 2.24) is 10.3 Å². The third-order valence-electron chi connectivity index (χ3n) is 3.43. The first kappa shape index (κ1) is 12.4. The summed E-state index contributed by atoms with van der Waals surface area (Å²) in [6, 6.07) is 4.26. The highest BCUT2D eigenvalue weighted by atomic mass is 15.1. The molecule has 0 saturated carbocycles. The van der Waals surface area contributed by atoms with E-state index in [1.165, 1.54) is 5.56 Å². The van der Waals surface area contributed by atoms with Gasteiger partial charge in [-0.1, -0.05) is 26.8 Å². The van der Waals surface area contributed by atoms with Crippen LogP contribution in [0.15, 0.2) is 18.3 Å². The molecule has 94 valence electrons. The maximum Gasteiger partial charge on any atom is 0.126 e. The summed E-state index contributed by atoms with van der Waals surface area (Å²) in [4.78, 5) is 4.51. The van der Waals surface area contributed by atoms with Crippen molar-refractivity contribution < 1.29 is 0 Å². The zero-order valence-electron chi connectivity index (χ0n) is 11.3. The quantitative estimate of drug-likeness (QED) is 0.824. The largest absolute Gasteiger partial charge is 0.364 e. The van der Waals surface area contributed by atoms with Crippen LogP contribution in [-0.4, -0.2) is 23.6 Å². The molecule has 0 spiro atoms. The van der Waals surface area contributed by atoms with Crippen LogP contribution in [0.4, 0.5) is 5.82 Å². The molecule has 1 aromatic rings. The summed E-state index contributed by atoms with van der Waals surface area (Å²) in [7, 11) is 0. The van der Waals surface area contributed by atoms with E-state index >= 15 is 0 Å². The van der Waals surface area contributed by atoms with Crippen LogP contribution in [0.25, 0.3) is 0 Å². The number of hydrogen-bond donors (Lipinski definition) is 2. The molecular weight excluding hydrogens is 210 g/mol. The number of rotatable bonds is 2. The van der Waals surface area contributed by atoms with Gasteiger partial charge in [0.25, 0.3) is 0 Å². The Kier molecular flexibility index (Phi) is 3.13. The van der Waals surface area contributed by atoms with Gasteiger partial charge < -0.3 is 10.6 Å². The van der Waals surface area contributed by atoms with Crippen molar-refractivity contribution in [2.75, 3.05) is 18.4 Å². The third kappa shape index (κ3) is 2.97. The molecule has 3 heteroatoms. The molecule has 0 bridgehead atoms. The van der Waals surface area contributed by atoms with Crippen LogP contribution in [-0.2, 0) is 5.41 Å². The Morgan fingerprint density at radius 3 is 2.59 bits per heavy atom. The van der Waals surface area contributed by atoms with Crippen LogP contribution in [0.1, 0.15) is 39.7 Å². The van der Waals surface area contributed by atoms with Crippen LogP contribution in [0, 0.1) is 0 Å².